The van der Waals surface area contributed by atoms with Crippen LogP contribution in [-0.4, -0.2) is 37.6 Å². The van der Waals surface area contributed by atoms with Gasteiger partial charge >= 0.3 is 5.51 Å². The Morgan fingerprint density at radius 1 is 1.00 bits per heavy atom. The van der Waals surface area contributed by atoms with E-state index >= 15 is 0 Å². The van der Waals surface area contributed by atoms with Crippen LogP contribution < -0.4 is 5.32 Å². The third-order valence-electron chi connectivity index (χ3n) is 3.24. The molecule has 0 spiro atoms. The molecule has 0 atom stereocenters. The van der Waals surface area contributed by atoms with E-state index in [1.54, 1.807) is 0 Å². The topological polar surface area (TPSA) is 103 Å². The van der Waals surface area contributed by atoms with Crippen LogP contribution in [0.2, 0.25) is 0 Å². The molecule has 2 rings (SSSR count). The molecule has 180 valence electrons. The Morgan fingerprint density at radius 3 is 1.88 bits per heavy atom. The maximum Gasteiger partial charge on any atom is 0.446 e. The monoisotopic (exact) mass is 487 g/mol. The minimum Gasteiger partial charge on any atom is -0.456 e. The van der Waals surface area contributed by atoms with Crippen LogP contribution in [0.1, 0.15) is 29.8 Å². The average molecular weight is 488 g/mol. The summed E-state index contributed by atoms with van der Waals surface area (Å²) in [6.07, 6.45) is 4.00. The van der Waals surface area contributed by atoms with Crippen molar-refractivity contribution in [3.8, 4) is 0 Å². The summed E-state index contributed by atoms with van der Waals surface area (Å²) in [6.45, 7) is 8.19. The Kier molecular flexibility index (Phi) is 17.4. The van der Waals surface area contributed by atoms with Gasteiger partial charge in [0.2, 0.25) is 5.90 Å². The van der Waals surface area contributed by atoms with Crippen molar-refractivity contribution in [2.24, 2.45) is 0 Å². The van der Waals surface area contributed by atoms with Gasteiger partial charge in [-0.05, 0) is 80.9 Å². The maximum atomic E-state index is 12.8. The van der Waals surface area contributed by atoms with Crippen LogP contribution in [0.3, 0.4) is 0 Å². The molecule has 0 radical (unpaired) electrons. The predicted octanol–water partition coefficient (Wildman–Crippen LogP) is 5.83. The highest BCUT2D eigenvalue weighted by Gasteiger charge is 2.29. The predicted molar refractivity (Wildman–Crippen MR) is 122 cm³/mol. The SMILES string of the molecule is C/C=C\C.C=N.C=O.N=C(OCNC(=O)c1ccc(SC(F)(F)F)cc1)c1ccc(F)cc1. The second-order valence-electron chi connectivity index (χ2n) is 5.37. The molecule has 0 saturated heterocycles. The van der Waals surface area contributed by atoms with Crippen LogP contribution >= 0.6 is 11.8 Å². The number of benzene rings is 2. The zero-order valence-corrected chi connectivity index (χ0v) is 18.9. The van der Waals surface area contributed by atoms with Gasteiger partial charge in [0.1, 0.15) is 12.6 Å². The third kappa shape index (κ3) is 15.0. The standard InChI is InChI=1S/C16H12F4N2O2S.C4H8.CH3N.CH2O/c17-12-5-1-10(2-6-12)14(21)24-9-22-15(23)11-3-7-13(8-4-11)25-16(18,19)20;1-3-4-2;2*1-2/h1-8,21H,9H2,(H,22,23);3-4H,1-2H3;2H,1H2;1H2/b;4-3-;;. The number of alkyl halides is 3. The van der Waals surface area contributed by atoms with Crippen molar-refractivity contribution in [2.75, 3.05) is 6.73 Å². The summed E-state index contributed by atoms with van der Waals surface area (Å²) in [5, 5.41) is 15.5. The fourth-order valence-corrected chi connectivity index (χ4v) is 2.31. The number of carbonyl (C=O) groups is 2. The quantitative estimate of drug-likeness (QED) is 0.123. The Bertz CT molecular complexity index is 853. The zero-order chi connectivity index (χ0) is 25.9. The molecule has 11 heteroatoms. The molecule has 0 aliphatic rings. The number of hydrogen-bond donors (Lipinski definition) is 3. The van der Waals surface area contributed by atoms with Crippen LogP contribution in [-0.2, 0) is 9.53 Å². The summed E-state index contributed by atoms with van der Waals surface area (Å²) in [6, 6.07) is 9.96. The number of halogens is 4. The zero-order valence-electron chi connectivity index (χ0n) is 18.0. The second-order valence-corrected chi connectivity index (χ2v) is 6.51. The van der Waals surface area contributed by atoms with Crippen molar-refractivity contribution in [2.45, 2.75) is 24.3 Å². The molecular weight excluding hydrogens is 462 g/mol. The summed E-state index contributed by atoms with van der Waals surface area (Å²) < 4.78 is 54.5. The molecular formula is C22H25F4N3O3S. The highest BCUT2D eigenvalue weighted by atomic mass is 32.2. The first-order valence-corrected chi connectivity index (χ1v) is 9.80. The third-order valence-corrected chi connectivity index (χ3v) is 3.98. The van der Waals surface area contributed by atoms with Crippen LogP contribution in [0.5, 0.6) is 0 Å². The van der Waals surface area contributed by atoms with Gasteiger partial charge in [-0.3, -0.25) is 10.2 Å². The van der Waals surface area contributed by atoms with Crippen molar-refractivity contribution in [1.29, 1.82) is 10.8 Å². The van der Waals surface area contributed by atoms with Gasteiger partial charge in [-0.15, -0.1) is 0 Å². The molecule has 2 aromatic carbocycles. The molecule has 0 aliphatic carbocycles. The normalized spacial score (nSPS) is 9.76. The number of allylic oxidation sites excluding steroid dienone is 2. The molecule has 0 bridgehead atoms. The summed E-state index contributed by atoms with van der Waals surface area (Å²) in [4.78, 5) is 19.8. The van der Waals surface area contributed by atoms with Crippen LogP contribution in [0.15, 0.2) is 65.6 Å². The molecule has 0 aliphatic heterocycles. The lowest BCUT2D eigenvalue weighted by Gasteiger charge is -2.10. The van der Waals surface area contributed by atoms with Crippen molar-refractivity contribution < 1.29 is 31.9 Å². The Hall–Kier alpha value is -3.47. The summed E-state index contributed by atoms with van der Waals surface area (Å²) >= 11 is -0.270. The Morgan fingerprint density at radius 2 is 1.45 bits per heavy atom. The maximum absolute atomic E-state index is 12.8. The molecule has 6 nitrogen and oxygen atoms in total. The summed E-state index contributed by atoms with van der Waals surface area (Å²) in [5.74, 6) is -1.26. The van der Waals surface area contributed by atoms with E-state index in [9.17, 15) is 22.4 Å². The molecule has 0 fully saturated rings. The van der Waals surface area contributed by atoms with E-state index in [0.29, 0.717) is 5.56 Å². The first-order chi connectivity index (χ1) is 15.7. The van der Waals surface area contributed by atoms with Gasteiger partial charge in [-0.1, -0.05) is 12.2 Å². The average Bonchev–Trinajstić information content (AvgIpc) is 2.81. The van der Waals surface area contributed by atoms with Crippen molar-refractivity contribution in [1.82, 2.24) is 5.32 Å². The van der Waals surface area contributed by atoms with Gasteiger partial charge in [-0.25, -0.2) is 4.39 Å². The number of ether oxygens (including phenoxy) is 1. The number of amides is 1. The van der Waals surface area contributed by atoms with Gasteiger partial charge in [0.25, 0.3) is 5.91 Å². The fourth-order valence-electron chi connectivity index (χ4n) is 1.77. The van der Waals surface area contributed by atoms with E-state index in [4.69, 9.17) is 20.3 Å². The van der Waals surface area contributed by atoms with Crippen LogP contribution in [0, 0.1) is 16.6 Å². The minimum atomic E-state index is -4.39. The van der Waals surface area contributed by atoms with Crippen molar-refractivity contribution in [3.63, 3.8) is 0 Å². The first kappa shape index (κ1) is 31.7. The van der Waals surface area contributed by atoms with Crippen molar-refractivity contribution in [3.05, 3.63) is 77.6 Å². The number of hydrogen-bond acceptors (Lipinski definition) is 6. The lowest BCUT2D eigenvalue weighted by molar-refractivity contribution is -0.0980. The number of thioether (sulfide) groups is 1. The van der Waals surface area contributed by atoms with E-state index < -0.39 is 17.2 Å². The molecule has 3 N–H and O–H groups in total. The van der Waals surface area contributed by atoms with Crippen molar-refractivity contribution >= 4 is 37.1 Å². The van der Waals surface area contributed by atoms with Gasteiger partial charge in [0.15, 0.2) is 6.73 Å². The van der Waals surface area contributed by atoms with Gasteiger partial charge < -0.3 is 20.3 Å². The molecule has 0 aromatic heterocycles. The van der Waals surface area contributed by atoms with E-state index in [-0.39, 0.29) is 34.8 Å². The van der Waals surface area contributed by atoms with E-state index in [0.717, 1.165) is 0 Å². The molecule has 0 heterocycles. The number of rotatable bonds is 5. The lowest BCUT2D eigenvalue weighted by atomic mass is 10.2. The van der Waals surface area contributed by atoms with Gasteiger partial charge in [0.05, 0.1) is 0 Å². The van der Waals surface area contributed by atoms with Gasteiger partial charge in [-0.2, -0.15) is 13.2 Å². The van der Waals surface area contributed by atoms with Crippen LogP contribution in [0.25, 0.3) is 0 Å². The number of carbonyl (C=O) groups excluding carboxylic acids is 2. The van der Waals surface area contributed by atoms with E-state index in [1.807, 2.05) is 32.8 Å². The summed E-state index contributed by atoms with van der Waals surface area (Å²) in [7, 11) is 0. The number of nitrogens with one attached hydrogen (secondary N) is 3. The van der Waals surface area contributed by atoms with E-state index in [2.05, 4.69) is 12.0 Å². The fraction of sp³-hybridized carbons (Fsp3) is 0.182. The molecule has 0 saturated carbocycles. The highest BCUT2D eigenvalue weighted by Crippen LogP contribution is 2.36. The van der Waals surface area contributed by atoms with E-state index in [1.165, 1.54) is 48.5 Å². The summed E-state index contributed by atoms with van der Waals surface area (Å²) in [5.41, 5.74) is -3.90. The smallest absolute Gasteiger partial charge is 0.446 e. The first-order valence-electron chi connectivity index (χ1n) is 8.99. The Balaban J connectivity index is 0. The molecule has 33 heavy (non-hydrogen) atoms. The minimum absolute atomic E-state index is 0.0293. The van der Waals surface area contributed by atoms with Gasteiger partial charge in [0, 0.05) is 16.0 Å². The van der Waals surface area contributed by atoms with Crippen LogP contribution in [0.4, 0.5) is 17.6 Å². The lowest BCUT2D eigenvalue weighted by Crippen LogP contribution is -2.27. The molecule has 1 amide bonds. The highest BCUT2D eigenvalue weighted by molar-refractivity contribution is 8.00. The molecule has 2 aromatic rings. The Labute approximate surface area is 194 Å². The largest absolute Gasteiger partial charge is 0.456 e. The second kappa shape index (κ2) is 18.1. The molecule has 0 unspecified atom stereocenters.